The quantitative estimate of drug-likeness (QED) is 0.612. The molecule has 0 spiro atoms. The summed E-state index contributed by atoms with van der Waals surface area (Å²) in [6, 6.07) is 4.06. The van der Waals surface area contributed by atoms with E-state index in [0.717, 1.165) is 0 Å². The van der Waals surface area contributed by atoms with Gasteiger partial charge in [0.25, 0.3) is 0 Å². The smallest absolute Gasteiger partial charge is 0.0967 e. The first-order valence-corrected chi connectivity index (χ1v) is 4.49. The summed E-state index contributed by atoms with van der Waals surface area (Å²) >= 11 is 0. The number of pyridine rings is 1. The lowest BCUT2D eigenvalue weighted by Crippen LogP contribution is -1.91. The predicted molar refractivity (Wildman–Crippen MR) is 49.5 cm³/mol. The van der Waals surface area contributed by atoms with Gasteiger partial charge in [0, 0.05) is 11.8 Å². The third kappa shape index (κ3) is 1.55. The van der Waals surface area contributed by atoms with Crippen molar-refractivity contribution in [2.75, 3.05) is 0 Å². The highest BCUT2D eigenvalue weighted by Gasteiger charge is 2.05. The number of nitrogens with zero attached hydrogens (tertiary/aromatic N) is 1. The van der Waals surface area contributed by atoms with E-state index in [1.165, 1.54) is 36.8 Å². The molecule has 1 heteroatoms. The maximum atomic E-state index is 3.99. The average molecular weight is 158 g/mol. The highest BCUT2D eigenvalue weighted by atomic mass is 14.6. The molecule has 12 heavy (non-hydrogen) atoms. The highest BCUT2D eigenvalue weighted by Crippen LogP contribution is 2.25. The molecule has 61 valence electrons. The summed E-state index contributed by atoms with van der Waals surface area (Å²) in [5.41, 5.74) is 2.60. The number of aromatic nitrogens is 1. The summed E-state index contributed by atoms with van der Waals surface area (Å²) in [5, 5.41) is 0. The van der Waals surface area contributed by atoms with Crippen LogP contribution in [0.4, 0.5) is 0 Å². The van der Waals surface area contributed by atoms with Gasteiger partial charge in [0.2, 0.25) is 0 Å². The van der Waals surface area contributed by atoms with Crippen LogP contribution in [0.1, 0.15) is 31.2 Å². The average Bonchev–Trinajstić information content (AvgIpc) is 2.21. The van der Waals surface area contributed by atoms with E-state index in [0.29, 0.717) is 0 Å². The lowest BCUT2D eigenvalue weighted by molar-refractivity contribution is 0.741. The van der Waals surface area contributed by atoms with Crippen LogP contribution in [-0.4, -0.2) is 4.98 Å². The molecule has 0 atom stereocenters. The molecule has 0 aromatic carbocycles. The Labute approximate surface area is 73.1 Å². The van der Waals surface area contributed by atoms with Gasteiger partial charge in [-0.15, -0.1) is 0 Å². The van der Waals surface area contributed by atoms with E-state index >= 15 is 0 Å². The van der Waals surface area contributed by atoms with Crippen LogP contribution in [0.2, 0.25) is 0 Å². The molecule has 0 N–H and O–H groups in total. The lowest BCUT2D eigenvalue weighted by Gasteiger charge is -2.11. The summed E-state index contributed by atoms with van der Waals surface area (Å²) in [6.45, 7) is 0. The van der Waals surface area contributed by atoms with E-state index in [1.54, 1.807) is 6.20 Å². The van der Waals surface area contributed by atoms with Crippen molar-refractivity contribution in [3.05, 3.63) is 36.2 Å². The zero-order valence-electron chi connectivity index (χ0n) is 7.09. The second-order valence-corrected chi connectivity index (χ2v) is 3.14. The van der Waals surface area contributed by atoms with Crippen LogP contribution in [0.3, 0.4) is 0 Å². The van der Waals surface area contributed by atoms with Crippen molar-refractivity contribution in [1.82, 2.24) is 4.98 Å². The molecule has 0 aliphatic heterocycles. The largest absolute Gasteiger partial charge is 0.254 e. The monoisotopic (exact) mass is 158 g/mol. The van der Waals surface area contributed by atoms with Gasteiger partial charge in [0.1, 0.15) is 0 Å². The molecule has 1 nitrogen and oxygen atoms in total. The van der Waals surface area contributed by atoms with E-state index in [2.05, 4.69) is 23.3 Å². The fourth-order valence-electron chi connectivity index (χ4n) is 1.59. The molecule has 0 unspecified atom stereocenters. The lowest BCUT2D eigenvalue weighted by atomic mass is 9.95. The maximum absolute atomic E-state index is 3.99. The molecule has 0 fully saturated rings. The van der Waals surface area contributed by atoms with Crippen LogP contribution in [0, 0.1) is 6.20 Å². The van der Waals surface area contributed by atoms with Crippen molar-refractivity contribution in [3.63, 3.8) is 0 Å². The topological polar surface area (TPSA) is 12.9 Å². The van der Waals surface area contributed by atoms with Gasteiger partial charge in [0.05, 0.1) is 6.20 Å². The highest BCUT2D eigenvalue weighted by molar-refractivity contribution is 5.64. The fourth-order valence-corrected chi connectivity index (χ4v) is 1.59. The molecule has 1 radical (unpaired) electrons. The molecule has 0 bridgehead atoms. The van der Waals surface area contributed by atoms with Crippen molar-refractivity contribution in [1.29, 1.82) is 0 Å². The normalized spacial score (nSPS) is 17.2. The molecule has 1 aliphatic carbocycles. The van der Waals surface area contributed by atoms with Gasteiger partial charge in [-0.2, -0.15) is 0 Å². The van der Waals surface area contributed by atoms with Crippen LogP contribution in [-0.2, 0) is 0 Å². The van der Waals surface area contributed by atoms with Crippen LogP contribution in [0.5, 0.6) is 0 Å². The van der Waals surface area contributed by atoms with Crippen molar-refractivity contribution in [2.24, 2.45) is 0 Å². The molecular formula is C11H12N. The molecule has 1 aliphatic rings. The van der Waals surface area contributed by atoms with Crippen molar-refractivity contribution < 1.29 is 0 Å². The van der Waals surface area contributed by atoms with E-state index < -0.39 is 0 Å². The van der Waals surface area contributed by atoms with Crippen LogP contribution < -0.4 is 0 Å². The molecular weight excluding hydrogens is 146 g/mol. The van der Waals surface area contributed by atoms with Gasteiger partial charge >= 0.3 is 0 Å². The van der Waals surface area contributed by atoms with Gasteiger partial charge in [0.15, 0.2) is 0 Å². The van der Waals surface area contributed by atoms with Gasteiger partial charge < -0.3 is 0 Å². The second kappa shape index (κ2) is 3.53. The van der Waals surface area contributed by atoms with Crippen molar-refractivity contribution in [3.8, 4) is 0 Å². The van der Waals surface area contributed by atoms with Crippen LogP contribution in [0.15, 0.2) is 24.4 Å². The summed E-state index contributed by atoms with van der Waals surface area (Å²) in [6.07, 6.45) is 12.2. The van der Waals surface area contributed by atoms with Crippen LogP contribution >= 0.6 is 0 Å². The molecule has 1 heterocycles. The van der Waals surface area contributed by atoms with Gasteiger partial charge in [-0.05, 0) is 37.3 Å². The summed E-state index contributed by atoms with van der Waals surface area (Å²) in [5.74, 6) is 0. The van der Waals surface area contributed by atoms with E-state index in [-0.39, 0.29) is 0 Å². The molecule has 0 saturated carbocycles. The summed E-state index contributed by atoms with van der Waals surface area (Å²) in [7, 11) is 0. The first-order chi connectivity index (χ1) is 5.97. The van der Waals surface area contributed by atoms with Gasteiger partial charge in [-0.1, -0.05) is 12.1 Å². The van der Waals surface area contributed by atoms with E-state index in [9.17, 15) is 0 Å². The Morgan fingerprint density at radius 3 is 3.00 bits per heavy atom. The summed E-state index contributed by atoms with van der Waals surface area (Å²) < 4.78 is 0. The third-order valence-corrected chi connectivity index (χ3v) is 2.25. The minimum Gasteiger partial charge on any atom is -0.254 e. The third-order valence-electron chi connectivity index (χ3n) is 2.25. The zero-order valence-corrected chi connectivity index (χ0v) is 7.09. The first-order valence-electron chi connectivity index (χ1n) is 4.49. The predicted octanol–water partition coefficient (Wildman–Crippen LogP) is 2.84. The Kier molecular flexibility index (Phi) is 2.21. The number of hydrogen-bond acceptors (Lipinski definition) is 1. The fraction of sp³-hybridized carbons (Fsp3) is 0.364. The minimum atomic E-state index is 1.18. The van der Waals surface area contributed by atoms with Gasteiger partial charge in [-0.25, -0.2) is 0 Å². The molecule has 1 aromatic heterocycles. The van der Waals surface area contributed by atoms with E-state index in [4.69, 9.17) is 0 Å². The number of hydrogen-bond donors (Lipinski definition) is 0. The molecule has 0 saturated heterocycles. The molecule has 1 aromatic rings. The Bertz CT molecular complexity index is 274. The van der Waals surface area contributed by atoms with Crippen molar-refractivity contribution in [2.45, 2.75) is 25.7 Å². The second-order valence-electron chi connectivity index (χ2n) is 3.14. The van der Waals surface area contributed by atoms with Gasteiger partial charge in [-0.3, -0.25) is 4.98 Å². The zero-order chi connectivity index (χ0) is 8.23. The Morgan fingerprint density at radius 1 is 1.33 bits per heavy atom. The standard InChI is InChI=1S/C11H12N/c1-2-5-10(6-3-1)11-7-4-8-12-9-11/h4-5,7-8H,1-3,6H2. The Morgan fingerprint density at radius 2 is 2.33 bits per heavy atom. The Balaban J connectivity index is 2.24. The number of allylic oxidation sites excluding steroid dienone is 2. The first kappa shape index (κ1) is 7.53. The molecule has 2 rings (SSSR count). The Hall–Kier alpha value is -1.11. The van der Waals surface area contributed by atoms with E-state index in [1.807, 2.05) is 6.07 Å². The number of rotatable bonds is 1. The summed E-state index contributed by atoms with van der Waals surface area (Å²) in [4.78, 5) is 3.99. The maximum Gasteiger partial charge on any atom is 0.0967 e. The molecule has 0 amide bonds. The van der Waals surface area contributed by atoms with Crippen molar-refractivity contribution >= 4 is 5.57 Å². The SMILES string of the molecule is [c]1ncccc1C1=CCCCC1. The van der Waals surface area contributed by atoms with Crippen LogP contribution in [0.25, 0.3) is 5.57 Å². The minimum absolute atomic E-state index is 1.18.